The predicted octanol–water partition coefficient (Wildman–Crippen LogP) is 2.42. The number of anilines is 1. The molecule has 0 saturated carbocycles. The lowest BCUT2D eigenvalue weighted by Gasteiger charge is -2.16. The second-order valence-corrected chi connectivity index (χ2v) is 5.07. The van der Waals surface area contributed by atoms with E-state index in [0.717, 1.165) is 15.0 Å². The number of rotatable bonds is 3. The molecule has 88 valence electrons. The largest absolute Gasteiger partial charge is 0.338 e. The van der Waals surface area contributed by atoms with E-state index in [1.807, 2.05) is 49.5 Å². The van der Waals surface area contributed by atoms with Crippen LogP contribution >= 0.6 is 22.6 Å². The highest BCUT2D eigenvalue weighted by Gasteiger charge is 2.05. The summed E-state index contributed by atoms with van der Waals surface area (Å²) < 4.78 is 1.04. The maximum absolute atomic E-state index is 4.46. The highest BCUT2D eigenvalue weighted by Crippen LogP contribution is 2.10. The van der Waals surface area contributed by atoms with Crippen molar-refractivity contribution < 1.29 is 0 Å². The zero-order chi connectivity index (χ0) is 12.3. The van der Waals surface area contributed by atoms with Gasteiger partial charge in [0.2, 0.25) is 5.95 Å². The van der Waals surface area contributed by atoms with Gasteiger partial charge in [-0.2, -0.15) is 0 Å². The second kappa shape index (κ2) is 5.39. The average Bonchev–Trinajstić information content (AvgIpc) is 2.29. The van der Waals surface area contributed by atoms with Crippen molar-refractivity contribution in [3.8, 4) is 0 Å². The molecule has 0 unspecified atom stereocenters. The molecule has 0 bridgehead atoms. The molecule has 4 nitrogen and oxygen atoms in total. The summed E-state index contributed by atoms with van der Waals surface area (Å²) in [4.78, 5) is 15.0. The molecule has 0 aliphatic heterocycles. The van der Waals surface area contributed by atoms with Gasteiger partial charge in [0, 0.05) is 28.7 Å². The molecule has 2 rings (SSSR count). The maximum atomic E-state index is 4.46. The summed E-state index contributed by atoms with van der Waals surface area (Å²) in [6.45, 7) is 2.70. The van der Waals surface area contributed by atoms with Crippen molar-refractivity contribution >= 4 is 28.5 Å². The summed E-state index contributed by atoms with van der Waals surface area (Å²) in [7, 11) is 1.96. The summed E-state index contributed by atoms with van der Waals surface area (Å²) in [5.74, 6) is 0.716. The van der Waals surface area contributed by atoms with Crippen LogP contribution < -0.4 is 4.90 Å². The van der Waals surface area contributed by atoms with E-state index in [2.05, 4.69) is 37.5 Å². The first-order valence-electron chi connectivity index (χ1n) is 5.26. The Hall–Kier alpha value is -1.24. The molecular formula is C12H13IN4. The van der Waals surface area contributed by atoms with E-state index in [-0.39, 0.29) is 0 Å². The molecule has 0 aromatic carbocycles. The van der Waals surface area contributed by atoms with Crippen LogP contribution in [0, 0.1) is 10.5 Å². The van der Waals surface area contributed by atoms with Crippen LogP contribution in [0.4, 0.5) is 5.95 Å². The highest BCUT2D eigenvalue weighted by atomic mass is 127. The molecule has 0 aliphatic rings. The minimum Gasteiger partial charge on any atom is -0.338 e. The summed E-state index contributed by atoms with van der Waals surface area (Å²) in [6.07, 6.45) is 3.62. The zero-order valence-electron chi connectivity index (χ0n) is 9.76. The van der Waals surface area contributed by atoms with Gasteiger partial charge in [-0.15, -0.1) is 0 Å². The van der Waals surface area contributed by atoms with Crippen molar-refractivity contribution in [1.82, 2.24) is 15.0 Å². The summed E-state index contributed by atoms with van der Waals surface area (Å²) in [6, 6.07) is 6.02. The standard InChI is InChI=1S/C12H13IN4/c1-9-4-3-5-11(16-9)8-17(2)12-14-6-10(13)7-15-12/h3-7H,8H2,1-2H3. The first-order chi connectivity index (χ1) is 8.15. The van der Waals surface area contributed by atoms with Crippen LogP contribution in [-0.2, 0) is 6.54 Å². The fourth-order valence-corrected chi connectivity index (χ4v) is 1.78. The van der Waals surface area contributed by atoms with Gasteiger partial charge in [-0.05, 0) is 41.6 Å². The van der Waals surface area contributed by atoms with Crippen LogP contribution in [0.15, 0.2) is 30.6 Å². The van der Waals surface area contributed by atoms with Crippen molar-refractivity contribution in [3.05, 3.63) is 45.6 Å². The lowest BCUT2D eigenvalue weighted by atomic mass is 10.3. The molecule has 17 heavy (non-hydrogen) atoms. The van der Waals surface area contributed by atoms with Crippen LogP contribution in [-0.4, -0.2) is 22.0 Å². The van der Waals surface area contributed by atoms with Crippen molar-refractivity contribution in [2.45, 2.75) is 13.5 Å². The SMILES string of the molecule is Cc1cccc(CN(C)c2ncc(I)cn2)n1. The van der Waals surface area contributed by atoms with Crippen LogP contribution in [0.1, 0.15) is 11.4 Å². The minimum atomic E-state index is 0.711. The average molecular weight is 340 g/mol. The van der Waals surface area contributed by atoms with Crippen LogP contribution in [0.5, 0.6) is 0 Å². The third-order valence-electron chi connectivity index (χ3n) is 2.29. The molecule has 2 heterocycles. The molecule has 0 spiro atoms. The number of hydrogen-bond donors (Lipinski definition) is 0. The molecular weight excluding hydrogens is 327 g/mol. The Morgan fingerprint density at radius 1 is 1.24 bits per heavy atom. The Labute approximate surface area is 114 Å². The van der Waals surface area contributed by atoms with Crippen molar-refractivity contribution in [2.24, 2.45) is 0 Å². The molecule has 0 saturated heterocycles. The van der Waals surface area contributed by atoms with Gasteiger partial charge in [-0.1, -0.05) is 6.07 Å². The third kappa shape index (κ3) is 3.36. The Morgan fingerprint density at radius 2 is 1.94 bits per heavy atom. The van der Waals surface area contributed by atoms with Crippen LogP contribution in [0.25, 0.3) is 0 Å². The third-order valence-corrected chi connectivity index (χ3v) is 2.85. The van der Waals surface area contributed by atoms with Crippen molar-refractivity contribution in [1.29, 1.82) is 0 Å². The van der Waals surface area contributed by atoms with Gasteiger partial charge in [0.25, 0.3) is 0 Å². The predicted molar refractivity (Wildman–Crippen MR) is 75.8 cm³/mol. The van der Waals surface area contributed by atoms with Gasteiger partial charge in [0.1, 0.15) is 0 Å². The molecule has 0 N–H and O–H groups in total. The van der Waals surface area contributed by atoms with E-state index in [1.54, 1.807) is 0 Å². The fraction of sp³-hybridized carbons (Fsp3) is 0.250. The van der Waals surface area contributed by atoms with E-state index >= 15 is 0 Å². The van der Waals surface area contributed by atoms with Gasteiger partial charge in [-0.25, -0.2) is 9.97 Å². The number of pyridine rings is 1. The van der Waals surface area contributed by atoms with Gasteiger partial charge >= 0.3 is 0 Å². The molecule has 0 radical (unpaired) electrons. The Balaban J connectivity index is 2.11. The smallest absolute Gasteiger partial charge is 0.225 e. The molecule has 0 aliphatic carbocycles. The van der Waals surface area contributed by atoms with Gasteiger partial charge in [-0.3, -0.25) is 4.98 Å². The number of aryl methyl sites for hydroxylation is 1. The van der Waals surface area contributed by atoms with Gasteiger partial charge < -0.3 is 4.90 Å². The first kappa shape index (κ1) is 12.2. The van der Waals surface area contributed by atoms with E-state index < -0.39 is 0 Å². The van der Waals surface area contributed by atoms with Crippen LogP contribution in [0.3, 0.4) is 0 Å². The number of hydrogen-bond acceptors (Lipinski definition) is 4. The van der Waals surface area contributed by atoms with Gasteiger partial charge in [0.05, 0.1) is 12.2 Å². The Kier molecular flexibility index (Phi) is 3.88. The van der Waals surface area contributed by atoms with Gasteiger partial charge in [0.15, 0.2) is 0 Å². The highest BCUT2D eigenvalue weighted by molar-refractivity contribution is 14.1. The number of aromatic nitrogens is 3. The Bertz CT molecular complexity index is 498. The normalized spacial score (nSPS) is 10.3. The molecule has 5 heteroatoms. The topological polar surface area (TPSA) is 41.9 Å². The van der Waals surface area contributed by atoms with E-state index in [4.69, 9.17) is 0 Å². The number of nitrogens with zero attached hydrogens (tertiary/aromatic N) is 4. The lowest BCUT2D eigenvalue weighted by Crippen LogP contribution is -2.19. The quantitative estimate of drug-likeness (QED) is 0.805. The monoisotopic (exact) mass is 340 g/mol. The van der Waals surface area contributed by atoms with E-state index in [0.29, 0.717) is 12.5 Å². The Morgan fingerprint density at radius 3 is 2.59 bits per heavy atom. The lowest BCUT2D eigenvalue weighted by molar-refractivity contribution is 0.834. The van der Waals surface area contributed by atoms with E-state index in [1.165, 1.54) is 0 Å². The molecule has 0 atom stereocenters. The number of halogens is 1. The molecule has 0 fully saturated rings. The molecule has 2 aromatic heterocycles. The summed E-state index contributed by atoms with van der Waals surface area (Å²) >= 11 is 2.19. The summed E-state index contributed by atoms with van der Waals surface area (Å²) in [5.41, 5.74) is 2.05. The van der Waals surface area contributed by atoms with E-state index in [9.17, 15) is 0 Å². The van der Waals surface area contributed by atoms with Crippen LogP contribution in [0.2, 0.25) is 0 Å². The first-order valence-corrected chi connectivity index (χ1v) is 6.34. The zero-order valence-corrected chi connectivity index (χ0v) is 11.9. The van der Waals surface area contributed by atoms with Crippen molar-refractivity contribution in [2.75, 3.05) is 11.9 Å². The molecule has 0 amide bonds. The van der Waals surface area contributed by atoms with Crippen molar-refractivity contribution in [3.63, 3.8) is 0 Å². The fourth-order valence-electron chi connectivity index (χ4n) is 1.50. The minimum absolute atomic E-state index is 0.711. The molecule has 2 aromatic rings. The summed E-state index contributed by atoms with van der Waals surface area (Å²) in [5, 5.41) is 0. The second-order valence-electron chi connectivity index (χ2n) is 3.83. The maximum Gasteiger partial charge on any atom is 0.225 e.